The lowest BCUT2D eigenvalue weighted by Gasteiger charge is -2.07. The van der Waals surface area contributed by atoms with Gasteiger partial charge in [0.1, 0.15) is 0 Å². The summed E-state index contributed by atoms with van der Waals surface area (Å²) in [4.78, 5) is 11.3. The second-order valence-electron chi connectivity index (χ2n) is 4.80. The zero-order chi connectivity index (χ0) is 13.6. The minimum Gasteiger partial charge on any atom is -0.478 e. The first kappa shape index (κ1) is 12.4. The summed E-state index contributed by atoms with van der Waals surface area (Å²) < 4.78 is 24.7. The molecule has 1 fully saturated rings. The first-order chi connectivity index (χ1) is 9.00. The van der Waals surface area contributed by atoms with Gasteiger partial charge in [-0.05, 0) is 30.5 Å². The zero-order valence-electron chi connectivity index (χ0n) is 10.1. The van der Waals surface area contributed by atoms with E-state index in [2.05, 4.69) is 5.32 Å². The van der Waals surface area contributed by atoms with Gasteiger partial charge in [0.05, 0.1) is 15.4 Å². The molecule has 1 saturated carbocycles. The molecule has 1 heterocycles. The van der Waals surface area contributed by atoms with E-state index in [0.717, 1.165) is 12.8 Å². The highest BCUT2D eigenvalue weighted by atomic mass is 32.2. The lowest BCUT2D eigenvalue weighted by Crippen LogP contribution is -2.22. The van der Waals surface area contributed by atoms with Crippen LogP contribution in [0.4, 0.5) is 0 Å². The third kappa shape index (κ3) is 2.06. The average Bonchev–Trinajstić information content (AvgIpc) is 3.13. The molecule has 3 rings (SSSR count). The number of carboxylic acid groups (broad SMARTS) is 1. The molecule has 0 radical (unpaired) electrons. The van der Waals surface area contributed by atoms with E-state index in [1.165, 1.54) is 6.07 Å². The maximum absolute atomic E-state index is 12.4. The van der Waals surface area contributed by atoms with E-state index in [-0.39, 0.29) is 21.9 Å². The van der Waals surface area contributed by atoms with E-state index in [4.69, 9.17) is 5.11 Å². The summed E-state index contributed by atoms with van der Waals surface area (Å²) >= 11 is 0. The van der Waals surface area contributed by atoms with Crippen LogP contribution in [0.1, 0.15) is 28.8 Å². The number of benzene rings is 1. The Hall–Kier alpha value is -1.66. The predicted octanol–water partition coefficient (Wildman–Crippen LogP) is 1.26. The van der Waals surface area contributed by atoms with Crippen molar-refractivity contribution in [1.82, 2.24) is 5.32 Å². The van der Waals surface area contributed by atoms with Crippen molar-refractivity contribution in [3.63, 3.8) is 0 Å². The van der Waals surface area contributed by atoms with E-state index >= 15 is 0 Å². The molecule has 1 aliphatic carbocycles. The van der Waals surface area contributed by atoms with Crippen molar-refractivity contribution in [1.29, 1.82) is 0 Å². The fourth-order valence-electron chi connectivity index (χ4n) is 2.20. The fraction of sp³-hybridized carbons (Fsp3) is 0.308. The minimum absolute atomic E-state index is 0.0740. The zero-order valence-corrected chi connectivity index (χ0v) is 10.9. The number of nitrogens with one attached hydrogen (secondary N) is 1. The molecule has 0 bridgehead atoms. The van der Waals surface area contributed by atoms with Gasteiger partial charge in [-0.3, -0.25) is 0 Å². The van der Waals surface area contributed by atoms with Crippen LogP contribution in [0.3, 0.4) is 0 Å². The van der Waals surface area contributed by atoms with Gasteiger partial charge in [-0.25, -0.2) is 13.2 Å². The number of sulfone groups is 1. The molecular formula is C13H13NO4S. The molecule has 2 N–H and O–H groups in total. The van der Waals surface area contributed by atoms with Crippen LogP contribution in [0.25, 0.3) is 6.08 Å². The Morgan fingerprint density at radius 1 is 1.37 bits per heavy atom. The number of hydrogen-bond donors (Lipinski definition) is 2. The Bertz CT molecular complexity index is 687. The highest BCUT2D eigenvalue weighted by Crippen LogP contribution is 2.35. The topological polar surface area (TPSA) is 83.5 Å². The Kier molecular flexibility index (Phi) is 2.72. The van der Waals surface area contributed by atoms with Gasteiger partial charge < -0.3 is 10.4 Å². The highest BCUT2D eigenvalue weighted by molar-refractivity contribution is 7.96. The Morgan fingerprint density at radius 2 is 2.11 bits per heavy atom. The van der Waals surface area contributed by atoms with Gasteiger partial charge in [0.15, 0.2) is 0 Å². The van der Waals surface area contributed by atoms with Crippen LogP contribution in [0.5, 0.6) is 0 Å². The van der Waals surface area contributed by atoms with Gasteiger partial charge in [0, 0.05) is 12.6 Å². The molecule has 19 heavy (non-hydrogen) atoms. The summed E-state index contributed by atoms with van der Waals surface area (Å²) in [5.74, 6) is -1.22. The van der Waals surface area contributed by atoms with Crippen molar-refractivity contribution in [3.05, 3.63) is 34.2 Å². The number of carbonyl (C=O) groups is 1. The molecule has 1 aliphatic heterocycles. The molecule has 5 nitrogen and oxygen atoms in total. The molecule has 0 saturated heterocycles. The Morgan fingerprint density at radius 3 is 2.74 bits per heavy atom. The quantitative estimate of drug-likeness (QED) is 0.867. The summed E-state index contributed by atoms with van der Waals surface area (Å²) in [5, 5.41) is 12.2. The summed E-state index contributed by atoms with van der Waals surface area (Å²) in [6.07, 6.45) is 3.70. The number of hydrogen-bond acceptors (Lipinski definition) is 4. The van der Waals surface area contributed by atoms with Crippen LogP contribution in [-0.4, -0.2) is 32.1 Å². The third-order valence-corrected chi connectivity index (χ3v) is 5.29. The van der Waals surface area contributed by atoms with Crippen LogP contribution in [-0.2, 0) is 9.84 Å². The Labute approximate surface area is 110 Å². The molecular weight excluding hydrogens is 266 g/mol. The molecule has 0 spiro atoms. The number of carboxylic acids is 1. The van der Waals surface area contributed by atoms with E-state index in [0.29, 0.717) is 11.6 Å². The van der Waals surface area contributed by atoms with E-state index < -0.39 is 15.8 Å². The molecule has 0 aromatic heterocycles. The summed E-state index contributed by atoms with van der Waals surface area (Å²) in [5.41, 5.74) is 0.308. The lowest BCUT2D eigenvalue weighted by molar-refractivity contribution is 0.0692. The fourth-order valence-corrected chi connectivity index (χ4v) is 3.90. The smallest absolute Gasteiger partial charge is 0.337 e. The van der Waals surface area contributed by atoms with E-state index in [9.17, 15) is 13.2 Å². The van der Waals surface area contributed by atoms with Gasteiger partial charge in [0.2, 0.25) is 9.84 Å². The van der Waals surface area contributed by atoms with E-state index in [1.54, 1.807) is 18.2 Å². The SMILES string of the molecule is O=C(O)c1cccc2c1S(=O)(=O)C(CNC1CC1)=C2. The second-order valence-corrected chi connectivity index (χ2v) is 6.74. The second kappa shape index (κ2) is 4.18. The van der Waals surface area contributed by atoms with Crippen LogP contribution in [0.15, 0.2) is 28.0 Å². The molecule has 6 heteroatoms. The summed E-state index contributed by atoms with van der Waals surface area (Å²) in [7, 11) is -3.67. The first-order valence-corrected chi connectivity index (χ1v) is 7.54. The molecule has 0 atom stereocenters. The van der Waals surface area contributed by atoms with Gasteiger partial charge >= 0.3 is 5.97 Å². The minimum atomic E-state index is -3.67. The molecule has 1 aromatic rings. The van der Waals surface area contributed by atoms with Crippen molar-refractivity contribution in [2.24, 2.45) is 0 Å². The van der Waals surface area contributed by atoms with Gasteiger partial charge in [-0.15, -0.1) is 0 Å². The van der Waals surface area contributed by atoms with Crippen LogP contribution < -0.4 is 5.32 Å². The van der Waals surface area contributed by atoms with E-state index in [1.807, 2.05) is 0 Å². The monoisotopic (exact) mass is 279 g/mol. The summed E-state index contributed by atoms with van der Waals surface area (Å²) in [6.45, 7) is 0.265. The lowest BCUT2D eigenvalue weighted by atomic mass is 10.1. The van der Waals surface area contributed by atoms with Crippen molar-refractivity contribution in [2.45, 2.75) is 23.8 Å². The molecule has 0 unspecified atom stereocenters. The standard InChI is InChI=1S/C13H13NO4S/c15-13(16)11-3-1-2-8-6-10(7-14-9-4-5-9)19(17,18)12(8)11/h1-3,6,9,14H,4-5,7H2,(H,15,16). The summed E-state index contributed by atoms with van der Waals surface area (Å²) in [6, 6.07) is 4.91. The first-order valence-electron chi connectivity index (χ1n) is 6.05. The van der Waals surface area contributed by atoms with Gasteiger partial charge in [0.25, 0.3) is 0 Å². The van der Waals surface area contributed by atoms with Crippen LogP contribution in [0.2, 0.25) is 0 Å². The van der Waals surface area contributed by atoms with Crippen LogP contribution in [0, 0.1) is 0 Å². The highest BCUT2D eigenvalue weighted by Gasteiger charge is 2.34. The molecule has 2 aliphatic rings. The van der Waals surface area contributed by atoms with Crippen molar-refractivity contribution in [2.75, 3.05) is 6.54 Å². The predicted molar refractivity (Wildman–Crippen MR) is 69.6 cm³/mol. The molecule has 1 aromatic carbocycles. The number of fused-ring (bicyclic) bond motifs is 1. The number of aromatic carboxylic acids is 1. The third-order valence-electron chi connectivity index (χ3n) is 3.35. The number of rotatable bonds is 4. The average molecular weight is 279 g/mol. The Balaban J connectivity index is 2.00. The normalized spacial score (nSPS) is 19.9. The van der Waals surface area contributed by atoms with Crippen molar-refractivity contribution in [3.8, 4) is 0 Å². The van der Waals surface area contributed by atoms with Crippen LogP contribution >= 0.6 is 0 Å². The maximum Gasteiger partial charge on any atom is 0.337 e. The van der Waals surface area contributed by atoms with Gasteiger partial charge in [-0.2, -0.15) is 0 Å². The largest absolute Gasteiger partial charge is 0.478 e. The van der Waals surface area contributed by atoms with Crippen molar-refractivity contribution >= 4 is 21.9 Å². The maximum atomic E-state index is 12.4. The van der Waals surface area contributed by atoms with Gasteiger partial charge in [-0.1, -0.05) is 12.1 Å². The molecule has 100 valence electrons. The van der Waals surface area contributed by atoms with Crippen molar-refractivity contribution < 1.29 is 18.3 Å². The molecule has 0 amide bonds.